The van der Waals surface area contributed by atoms with Gasteiger partial charge in [-0.1, -0.05) is 30.3 Å². The van der Waals surface area contributed by atoms with E-state index in [0.29, 0.717) is 17.8 Å². The fourth-order valence-corrected chi connectivity index (χ4v) is 5.12. The monoisotopic (exact) mass is 410 g/mol. The zero-order valence-electron chi connectivity index (χ0n) is 17.1. The maximum atomic E-state index is 13.4. The van der Waals surface area contributed by atoms with Crippen LogP contribution < -0.4 is 0 Å². The number of rotatable bonds is 2. The summed E-state index contributed by atoms with van der Waals surface area (Å²) in [6.07, 6.45) is 11.1. The van der Waals surface area contributed by atoms with Gasteiger partial charge < -0.3 is 4.90 Å². The molecule has 1 atom stereocenters. The van der Waals surface area contributed by atoms with Crippen LogP contribution in [-0.4, -0.2) is 48.5 Å². The molecule has 154 valence electrons. The third-order valence-electron chi connectivity index (χ3n) is 6.65. The molecular weight excluding hydrogens is 388 g/mol. The summed E-state index contributed by atoms with van der Waals surface area (Å²) in [6.45, 7) is 1.42. The highest BCUT2D eigenvalue weighted by Crippen LogP contribution is 2.44. The van der Waals surface area contributed by atoms with Gasteiger partial charge in [0.1, 0.15) is 5.56 Å². The van der Waals surface area contributed by atoms with E-state index in [1.165, 1.54) is 5.56 Å². The first-order valence-electron chi connectivity index (χ1n) is 10.7. The molecule has 0 N–H and O–H groups in total. The van der Waals surface area contributed by atoms with Crippen LogP contribution in [-0.2, 0) is 11.8 Å². The van der Waals surface area contributed by atoms with Gasteiger partial charge in [0.25, 0.3) is 5.91 Å². The molecule has 3 aromatic heterocycles. The summed E-state index contributed by atoms with van der Waals surface area (Å²) in [5.41, 5.74) is 4.42. The molecule has 31 heavy (non-hydrogen) atoms. The Balaban J connectivity index is 1.34. The Bertz CT molecular complexity index is 1280. The Morgan fingerprint density at radius 1 is 1.03 bits per heavy atom. The SMILES string of the molecule is O=C(c1cnn2cccnc12)N1CCCC2(CCc3cnc(-c4ccccc4)nc32)C1. The topological polar surface area (TPSA) is 76.3 Å². The summed E-state index contributed by atoms with van der Waals surface area (Å²) in [5.74, 6) is 0.759. The van der Waals surface area contributed by atoms with E-state index >= 15 is 0 Å². The zero-order valence-corrected chi connectivity index (χ0v) is 17.1. The number of carbonyl (C=O) groups excluding carboxylic acids is 1. The molecule has 2 aliphatic rings. The van der Waals surface area contributed by atoms with E-state index in [-0.39, 0.29) is 11.3 Å². The quantitative estimate of drug-likeness (QED) is 0.507. The molecule has 4 aromatic rings. The summed E-state index contributed by atoms with van der Waals surface area (Å²) in [6, 6.07) is 11.9. The lowest BCUT2D eigenvalue weighted by Gasteiger charge is -2.40. The fourth-order valence-electron chi connectivity index (χ4n) is 5.12. The summed E-state index contributed by atoms with van der Waals surface area (Å²) in [4.78, 5) is 29.4. The maximum Gasteiger partial charge on any atom is 0.259 e. The molecule has 0 saturated carbocycles. The molecule has 1 aliphatic heterocycles. The van der Waals surface area contributed by atoms with Crippen molar-refractivity contribution >= 4 is 11.6 Å². The average Bonchev–Trinajstić information content (AvgIpc) is 3.41. The van der Waals surface area contributed by atoms with Crippen LogP contribution in [0, 0.1) is 0 Å². The molecule has 1 amide bonds. The van der Waals surface area contributed by atoms with Crippen molar-refractivity contribution in [2.24, 2.45) is 0 Å². The molecule has 0 bridgehead atoms. The van der Waals surface area contributed by atoms with E-state index in [2.05, 4.69) is 15.1 Å². The molecule has 1 spiro atoms. The standard InChI is InChI=1S/C24H22N6O/c31-23(19-15-27-30-13-5-11-25-22(19)30)29-12-4-9-24(16-29)10-8-18-14-26-21(28-20(18)24)17-6-2-1-3-7-17/h1-3,5-7,11,13-15H,4,8-10,12,16H2. The number of aryl methyl sites for hydroxylation is 1. The molecule has 6 rings (SSSR count). The molecule has 4 heterocycles. The minimum absolute atomic E-state index is 0.00133. The number of hydrogen-bond donors (Lipinski definition) is 0. The van der Waals surface area contributed by atoms with Gasteiger partial charge in [-0.05, 0) is 37.3 Å². The van der Waals surface area contributed by atoms with E-state index in [4.69, 9.17) is 4.98 Å². The van der Waals surface area contributed by atoms with Gasteiger partial charge in [0.05, 0.1) is 11.9 Å². The Labute approximate surface area is 179 Å². The first-order valence-corrected chi connectivity index (χ1v) is 10.7. The van der Waals surface area contributed by atoms with Crippen LogP contribution in [0.3, 0.4) is 0 Å². The number of carbonyl (C=O) groups is 1. The Morgan fingerprint density at radius 2 is 1.94 bits per heavy atom. The molecular formula is C24H22N6O. The summed E-state index contributed by atoms with van der Waals surface area (Å²) in [5, 5.41) is 4.29. The van der Waals surface area contributed by atoms with Crippen molar-refractivity contribution in [1.29, 1.82) is 0 Å². The van der Waals surface area contributed by atoms with Crippen molar-refractivity contribution in [3.8, 4) is 11.4 Å². The van der Waals surface area contributed by atoms with Crippen LogP contribution in [0.1, 0.15) is 40.9 Å². The molecule has 1 saturated heterocycles. The highest BCUT2D eigenvalue weighted by atomic mass is 16.2. The minimum Gasteiger partial charge on any atom is -0.338 e. The molecule has 1 aliphatic carbocycles. The van der Waals surface area contributed by atoms with Gasteiger partial charge in [0.15, 0.2) is 11.5 Å². The first kappa shape index (κ1) is 18.2. The van der Waals surface area contributed by atoms with Gasteiger partial charge >= 0.3 is 0 Å². The number of aromatic nitrogens is 5. The number of benzene rings is 1. The predicted molar refractivity (Wildman–Crippen MR) is 116 cm³/mol. The predicted octanol–water partition coefficient (Wildman–Crippen LogP) is 3.31. The van der Waals surface area contributed by atoms with Gasteiger partial charge in [0.2, 0.25) is 0 Å². The third kappa shape index (κ3) is 2.91. The van der Waals surface area contributed by atoms with Crippen LogP contribution >= 0.6 is 0 Å². The van der Waals surface area contributed by atoms with Crippen LogP contribution in [0.25, 0.3) is 17.0 Å². The molecule has 1 aromatic carbocycles. The Kier molecular flexibility index (Phi) is 4.09. The number of amides is 1. The smallest absolute Gasteiger partial charge is 0.259 e. The van der Waals surface area contributed by atoms with E-state index in [9.17, 15) is 4.79 Å². The van der Waals surface area contributed by atoms with Crippen molar-refractivity contribution < 1.29 is 4.79 Å². The summed E-state index contributed by atoms with van der Waals surface area (Å²) < 4.78 is 1.65. The molecule has 7 heteroatoms. The van der Waals surface area contributed by atoms with Crippen molar-refractivity contribution in [3.63, 3.8) is 0 Å². The van der Waals surface area contributed by atoms with E-state index in [0.717, 1.165) is 49.3 Å². The largest absolute Gasteiger partial charge is 0.338 e. The Morgan fingerprint density at radius 3 is 2.84 bits per heavy atom. The van der Waals surface area contributed by atoms with Gasteiger partial charge in [-0.3, -0.25) is 4.79 Å². The van der Waals surface area contributed by atoms with Crippen LogP contribution in [0.2, 0.25) is 0 Å². The van der Waals surface area contributed by atoms with Crippen LogP contribution in [0.4, 0.5) is 0 Å². The van der Waals surface area contributed by atoms with Gasteiger partial charge in [-0.25, -0.2) is 19.5 Å². The number of nitrogens with zero attached hydrogens (tertiary/aromatic N) is 6. The lowest BCUT2D eigenvalue weighted by Crippen LogP contribution is -2.48. The van der Waals surface area contributed by atoms with Crippen molar-refractivity contribution in [3.05, 3.63) is 78.0 Å². The molecule has 1 unspecified atom stereocenters. The second-order valence-corrected chi connectivity index (χ2v) is 8.49. The van der Waals surface area contributed by atoms with Gasteiger partial charge in [-0.15, -0.1) is 0 Å². The fraction of sp³-hybridized carbons (Fsp3) is 0.292. The van der Waals surface area contributed by atoms with Crippen molar-refractivity contribution in [1.82, 2.24) is 29.5 Å². The first-order chi connectivity index (χ1) is 15.2. The Hall–Kier alpha value is -3.61. The highest BCUT2D eigenvalue weighted by molar-refractivity contribution is 5.99. The van der Waals surface area contributed by atoms with E-state index in [1.807, 2.05) is 53.7 Å². The molecule has 0 radical (unpaired) electrons. The summed E-state index contributed by atoms with van der Waals surface area (Å²) >= 11 is 0. The van der Waals surface area contributed by atoms with Crippen molar-refractivity contribution in [2.45, 2.75) is 31.1 Å². The average molecular weight is 410 g/mol. The second-order valence-electron chi connectivity index (χ2n) is 8.49. The number of hydrogen-bond acceptors (Lipinski definition) is 5. The number of likely N-dealkylation sites (tertiary alicyclic amines) is 1. The minimum atomic E-state index is -0.105. The second kappa shape index (κ2) is 6.97. The lowest BCUT2D eigenvalue weighted by molar-refractivity contribution is 0.0635. The molecule has 1 fully saturated rings. The normalized spacial score (nSPS) is 20.3. The van der Waals surface area contributed by atoms with E-state index in [1.54, 1.807) is 16.9 Å². The number of fused-ring (bicyclic) bond motifs is 3. The maximum absolute atomic E-state index is 13.4. The lowest BCUT2D eigenvalue weighted by atomic mass is 9.77. The number of piperidine rings is 1. The van der Waals surface area contributed by atoms with Crippen molar-refractivity contribution in [2.75, 3.05) is 13.1 Å². The third-order valence-corrected chi connectivity index (χ3v) is 6.65. The highest BCUT2D eigenvalue weighted by Gasteiger charge is 2.45. The van der Waals surface area contributed by atoms with Crippen LogP contribution in [0.15, 0.2) is 61.2 Å². The molecule has 7 nitrogen and oxygen atoms in total. The summed E-state index contributed by atoms with van der Waals surface area (Å²) in [7, 11) is 0. The van der Waals surface area contributed by atoms with Gasteiger partial charge in [0, 0.05) is 42.7 Å². The van der Waals surface area contributed by atoms with E-state index < -0.39 is 0 Å². The zero-order chi connectivity index (χ0) is 20.8. The van der Waals surface area contributed by atoms with Gasteiger partial charge in [-0.2, -0.15) is 5.10 Å². The van der Waals surface area contributed by atoms with Crippen LogP contribution in [0.5, 0.6) is 0 Å².